The van der Waals surface area contributed by atoms with Crippen molar-refractivity contribution < 1.29 is 22.7 Å². The highest BCUT2D eigenvalue weighted by molar-refractivity contribution is 7.88. The molecule has 8 nitrogen and oxygen atoms in total. The van der Waals surface area contributed by atoms with Gasteiger partial charge in [0.15, 0.2) is 0 Å². The number of amides is 2. The van der Waals surface area contributed by atoms with Crippen LogP contribution in [0, 0.1) is 0 Å². The number of benzene rings is 2. The number of nitrogens with zero attached hydrogens (tertiary/aromatic N) is 1. The van der Waals surface area contributed by atoms with Gasteiger partial charge in [-0.15, -0.1) is 0 Å². The summed E-state index contributed by atoms with van der Waals surface area (Å²) in [4.78, 5) is 25.1. The minimum absolute atomic E-state index is 0.280. The fourth-order valence-electron chi connectivity index (χ4n) is 3.50. The maximum Gasteiger partial charge on any atom is 0.255 e. The van der Waals surface area contributed by atoms with Crippen LogP contribution in [0.5, 0.6) is 5.75 Å². The Hall–Kier alpha value is -2.91. The van der Waals surface area contributed by atoms with Gasteiger partial charge in [0.2, 0.25) is 15.9 Å². The number of carbonyl (C=O) groups excluding carboxylic acids is 2. The number of anilines is 2. The summed E-state index contributed by atoms with van der Waals surface area (Å²) >= 11 is 0. The molecule has 0 aromatic heterocycles. The Bertz CT molecular complexity index is 1020. The third-order valence-electron chi connectivity index (χ3n) is 5.02. The van der Waals surface area contributed by atoms with Crippen LogP contribution in [0.15, 0.2) is 48.5 Å². The molecule has 1 aliphatic rings. The molecule has 1 saturated heterocycles. The van der Waals surface area contributed by atoms with E-state index in [0.29, 0.717) is 36.5 Å². The minimum atomic E-state index is -3.45. The number of sulfonamides is 1. The number of ether oxygens (including phenoxy) is 1. The Morgan fingerprint density at radius 1 is 1.00 bits per heavy atom. The molecule has 2 N–H and O–H groups in total. The van der Waals surface area contributed by atoms with Gasteiger partial charge in [0.25, 0.3) is 5.91 Å². The van der Waals surface area contributed by atoms with Crippen molar-refractivity contribution in [2.45, 2.75) is 32.2 Å². The maximum atomic E-state index is 12.7. The van der Waals surface area contributed by atoms with E-state index in [4.69, 9.17) is 4.74 Å². The lowest BCUT2D eigenvalue weighted by Gasteiger charge is -2.32. The van der Waals surface area contributed by atoms with E-state index >= 15 is 0 Å². The second-order valence-corrected chi connectivity index (χ2v) is 9.30. The van der Waals surface area contributed by atoms with Gasteiger partial charge >= 0.3 is 0 Å². The summed E-state index contributed by atoms with van der Waals surface area (Å²) in [5.74, 6) is 0.0854. The van der Waals surface area contributed by atoms with Crippen LogP contribution in [0.2, 0.25) is 0 Å². The average molecular weight is 446 g/mol. The third-order valence-corrected chi connectivity index (χ3v) is 6.31. The van der Waals surface area contributed by atoms with Gasteiger partial charge in [0.1, 0.15) is 11.8 Å². The van der Waals surface area contributed by atoms with Gasteiger partial charge in [-0.05, 0) is 68.3 Å². The predicted octanol–water partition coefficient (Wildman–Crippen LogP) is 3.09. The van der Waals surface area contributed by atoms with Crippen LogP contribution in [-0.4, -0.2) is 50.0 Å². The van der Waals surface area contributed by atoms with Crippen LogP contribution < -0.4 is 15.4 Å². The lowest BCUT2D eigenvalue weighted by atomic mass is 10.0. The molecule has 0 aliphatic carbocycles. The Labute approximate surface area is 182 Å². The fourth-order valence-corrected chi connectivity index (χ4v) is 4.62. The monoisotopic (exact) mass is 445 g/mol. The summed E-state index contributed by atoms with van der Waals surface area (Å²) in [6.07, 6.45) is 3.15. The zero-order valence-corrected chi connectivity index (χ0v) is 18.4. The number of nitrogens with one attached hydrogen (secondary N) is 2. The summed E-state index contributed by atoms with van der Waals surface area (Å²) in [5, 5.41) is 5.56. The quantitative estimate of drug-likeness (QED) is 0.681. The molecule has 31 heavy (non-hydrogen) atoms. The van der Waals surface area contributed by atoms with E-state index in [2.05, 4.69) is 10.6 Å². The first-order chi connectivity index (χ1) is 14.8. The number of rotatable bonds is 7. The molecule has 0 spiro atoms. The fraction of sp³-hybridized carbons (Fsp3) is 0.364. The summed E-state index contributed by atoms with van der Waals surface area (Å²) in [6.45, 7) is 2.82. The molecule has 1 aliphatic heterocycles. The lowest BCUT2D eigenvalue weighted by molar-refractivity contribution is -0.120. The molecular weight excluding hydrogens is 418 g/mol. The molecule has 166 valence electrons. The van der Waals surface area contributed by atoms with Crippen LogP contribution in [-0.2, 0) is 14.8 Å². The van der Waals surface area contributed by atoms with Crippen LogP contribution in [0.1, 0.15) is 36.5 Å². The average Bonchev–Trinajstić information content (AvgIpc) is 2.75. The molecule has 2 aromatic carbocycles. The molecular formula is C22H27N3O5S. The van der Waals surface area contributed by atoms with Gasteiger partial charge in [-0.3, -0.25) is 9.59 Å². The van der Waals surface area contributed by atoms with Gasteiger partial charge in [-0.2, -0.15) is 4.31 Å². The molecule has 0 bridgehead atoms. The van der Waals surface area contributed by atoms with Crippen molar-refractivity contribution in [3.63, 3.8) is 0 Å². The maximum absolute atomic E-state index is 12.7. The van der Waals surface area contributed by atoms with Crippen LogP contribution in [0.25, 0.3) is 0 Å². The van der Waals surface area contributed by atoms with Crippen molar-refractivity contribution >= 4 is 33.2 Å². The molecule has 9 heteroatoms. The SMILES string of the molecule is CCOc1ccc(NC(=O)c2ccc(NC(=O)[C@H]3CCCCN3S(C)(=O)=O)cc2)cc1. The number of hydrogen-bond acceptors (Lipinski definition) is 5. The Morgan fingerprint density at radius 2 is 1.61 bits per heavy atom. The van der Waals surface area contributed by atoms with E-state index in [-0.39, 0.29) is 11.8 Å². The molecule has 3 rings (SSSR count). The molecule has 2 aromatic rings. The zero-order chi connectivity index (χ0) is 22.4. The van der Waals surface area contributed by atoms with E-state index in [1.807, 2.05) is 6.92 Å². The second kappa shape index (κ2) is 9.93. The molecule has 0 radical (unpaired) electrons. The highest BCUT2D eigenvalue weighted by Crippen LogP contribution is 2.22. The second-order valence-electron chi connectivity index (χ2n) is 7.36. The number of carbonyl (C=O) groups is 2. The van der Waals surface area contributed by atoms with Crippen molar-refractivity contribution in [1.82, 2.24) is 4.31 Å². The largest absolute Gasteiger partial charge is 0.494 e. The predicted molar refractivity (Wildman–Crippen MR) is 120 cm³/mol. The van der Waals surface area contributed by atoms with E-state index < -0.39 is 16.1 Å². The van der Waals surface area contributed by atoms with Crippen molar-refractivity contribution in [3.05, 3.63) is 54.1 Å². The minimum Gasteiger partial charge on any atom is -0.494 e. The molecule has 1 heterocycles. The molecule has 1 atom stereocenters. The third kappa shape index (κ3) is 6.05. The molecule has 0 saturated carbocycles. The smallest absolute Gasteiger partial charge is 0.255 e. The van der Waals surface area contributed by atoms with E-state index in [0.717, 1.165) is 24.8 Å². The first kappa shape index (κ1) is 22.8. The Morgan fingerprint density at radius 3 is 2.23 bits per heavy atom. The summed E-state index contributed by atoms with van der Waals surface area (Å²) in [6, 6.07) is 12.8. The number of piperidine rings is 1. The topological polar surface area (TPSA) is 105 Å². The first-order valence-electron chi connectivity index (χ1n) is 10.2. The van der Waals surface area contributed by atoms with Crippen molar-refractivity contribution in [3.8, 4) is 5.75 Å². The Kier molecular flexibility index (Phi) is 7.29. The van der Waals surface area contributed by atoms with Crippen molar-refractivity contribution in [2.24, 2.45) is 0 Å². The van der Waals surface area contributed by atoms with Gasteiger partial charge < -0.3 is 15.4 Å². The molecule has 1 fully saturated rings. The van der Waals surface area contributed by atoms with Crippen LogP contribution in [0.3, 0.4) is 0 Å². The van der Waals surface area contributed by atoms with Gasteiger partial charge in [-0.1, -0.05) is 6.42 Å². The summed E-state index contributed by atoms with van der Waals surface area (Å²) in [5.41, 5.74) is 1.58. The summed E-state index contributed by atoms with van der Waals surface area (Å²) < 4.78 is 30.6. The number of hydrogen-bond donors (Lipinski definition) is 2. The Balaban J connectivity index is 1.61. The van der Waals surface area contributed by atoms with Gasteiger partial charge in [0.05, 0.1) is 12.9 Å². The van der Waals surface area contributed by atoms with E-state index in [9.17, 15) is 18.0 Å². The van der Waals surface area contributed by atoms with E-state index in [1.54, 1.807) is 48.5 Å². The van der Waals surface area contributed by atoms with E-state index in [1.165, 1.54) is 4.31 Å². The van der Waals surface area contributed by atoms with Gasteiger partial charge in [0, 0.05) is 23.5 Å². The van der Waals surface area contributed by atoms with Gasteiger partial charge in [-0.25, -0.2) is 8.42 Å². The van der Waals surface area contributed by atoms with Crippen molar-refractivity contribution in [1.29, 1.82) is 0 Å². The highest BCUT2D eigenvalue weighted by Gasteiger charge is 2.34. The first-order valence-corrected chi connectivity index (χ1v) is 12.0. The normalized spacial score (nSPS) is 17.0. The van der Waals surface area contributed by atoms with Crippen molar-refractivity contribution in [2.75, 3.05) is 30.0 Å². The van der Waals surface area contributed by atoms with Crippen LogP contribution >= 0.6 is 0 Å². The molecule has 0 unspecified atom stereocenters. The van der Waals surface area contributed by atoms with Crippen LogP contribution in [0.4, 0.5) is 11.4 Å². The standard InChI is InChI=1S/C22H27N3O5S/c1-3-30-19-13-11-18(12-14-19)23-21(26)16-7-9-17(10-8-16)24-22(27)20-6-4-5-15-25(20)31(2,28)29/h7-14,20H,3-6,15H2,1-2H3,(H,23,26)(H,24,27)/t20-/m1/s1. The molecule has 2 amide bonds. The highest BCUT2D eigenvalue weighted by atomic mass is 32.2. The zero-order valence-electron chi connectivity index (χ0n) is 17.6. The lowest BCUT2D eigenvalue weighted by Crippen LogP contribution is -2.49. The summed E-state index contributed by atoms with van der Waals surface area (Å²) in [7, 11) is -3.45.